The minimum absolute atomic E-state index is 0.124. The van der Waals surface area contributed by atoms with Gasteiger partial charge in [-0.25, -0.2) is 13.1 Å². The quantitative estimate of drug-likeness (QED) is 0.887. The molecule has 1 rings (SSSR count). The second-order valence-corrected chi connectivity index (χ2v) is 7.20. The molecule has 0 heterocycles. The lowest BCUT2D eigenvalue weighted by Gasteiger charge is -2.12. The van der Waals surface area contributed by atoms with Crippen molar-refractivity contribution in [2.45, 2.75) is 31.7 Å². The Kier molecular flexibility index (Phi) is 4.57. The normalized spacial score (nSPS) is 12.1. The summed E-state index contributed by atoms with van der Waals surface area (Å²) in [4.78, 5) is 0.266. The molecule has 16 heavy (non-hydrogen) atoms. The molecule has 90 valence electrons. The van der Waals surface area contributed by atoms with Crippen LogP contribution in [-0.4, -0.2) is 14.5 Å². The van der Waals surface area contributed by atoms with Crippen molar-refractivity contribution in [1.29, 1.82) is 0 Å². The molecule has 0 amide bonds. The zero-order chi connectivity index (χ0) is 12.5. The summed E-state index contributed by atoms with van der Waals surface area (Å²) in [5.41, 5.74) is 0.882. The molecule has 0 aliphatic heterocycles. The third-order valence-corrected chi connectivity index (χ3v) is 5.36. The monoisotopic (exact) mass is 369 g/mol. The van der Waals surface area contributed by atoms with E-state index in [0.29, 0.717) is 4.47 Å². The zero-order valence-corrected chi connectivity index (χ0v) is 13.2. The molecule has 1 aromatic rings. The van der Waals surface area contributed by atoms with Crippen LogP contribution in [0.25, 0.3) is 0 Å². The van der Waals surface area contributed by atoms with Gasteiger partial charge in [-0.1, -0.05) is 15.9 Å². The third kappa shape index (κ3) is 3.29. The first-order valence-corrected chi connectivity index (χ1v) is 7.79. The minimum atomic E-state index is -3.45. The van der Waals surface area contributed by atoms with Crippen LogP contribution in [0, 0.1) is 6.92 Å². The highest BCUT2D eigenvalue weighted by Gasteiger charge is 2.19. The van der Waals surface area contributed by atoms with E-state index in [1.165, 1.54) is 0 Å². The van der Waals surface area contributed by atoms with Crippen molar-refractivity contribution >= 4 is 41.9 Å². The average Bonchev–Trinajstić information content (AvgIpc) is 2.08. The summed E-state index contributed by atoms with van der Waals surface area (Å²) in [5, 5.41) is 0. The van der Waals surface area contributed by atoms with Crippen molar-refractivity contribution in [1.82, 2.24) is 4.72 Å². The number of aryl methyl sites for hydroxylation is 1. The van der Waals surface area contributed by atoms with E-state index in [2.05, 4.69) is 36.6 Å². The number of hydrogen-bond donors (Lipinski definition) is 1. The molecule has 0 saturated carbocycles. The Morgan fingerprint density at radius 3 is 2.25 bits per heavy atom. The topological polar surface area (TPSA) is 46.2 Å². The van der Waals surface area contributed by atoms with Gasteiger partial charge >= 0.3 is 0 Å². The lowest BCUT2D eigenvalue weighted by molar-refractivity contribution is 0.569. The van der Waals surface area contributed by atoms with E-state index in [0.717, 1.165) is 10.0 Å². The zero-order valence-electron chi connectivity index (χ0n) is 9.21. The van der Waals surface area contributed by atoms with Crippen LogP contribution in [0.3, 0.4) is 0 Å². The van der Waals surface area contributed by atoms with E-state index in [-0.39, 0.29) is 10.9 Å². The van der Waals surface area contributed by atoms with E-state index in [9.17, 15) is 8.42 Å². The largest absolute Gasteiger partial charge is 0.241 e. The van der Waals surface area contributed by atoms with Crippen LogP contribution in [0.2, 0.25) is 0 Å². The minimum Gasteiger partial charge on any atom is -0.209 e. The molecular weight excluding hydrogens is 358 g/mol. The summed E-state index contributed by atoms with van der Waals surface area (Å²) in [5.74, 6) is 0. The van der Waals surface area contributed by atoms with Crippen molar-refractivity contribution in [3.63, 3.8) is 0 Å². The van der Waals surface area contributed by atoms with Crippen LogP contribution >= 0.6 is 31.9 Å². The molecule has 0 unspecified atom stereocenters. The SMILES string of the molecule is Cc1cc(S(=O)(=O)NC(C)C)c(Br)cc1Br. The molecule has 0 spiro atoms. The van der Waals surface area contributed by atoms with E-state index >= 15 is 0 Å². The molecule has 0 aliphatic rings. The maximum absolute atomic E-state index is 12.0. The molecule has 0 aliphatic carbocycles. The van der Waals surface area contributed by atoms with Gasteiger partial charge in [0.05, 0.1) is 4.90 Å². The number of sulfonamides is 1. The van der Waals surface area contributed by atoms with Crippen LogP contribution in [0.15, 0.2) is 26.0 Å². The van der Waals surface area contributed by atoms with E-state index < -0.39 is 10.0 Å². The molecule has 1 aromatic carbocycles. The van der Waals surface area contributed by atoms with E-state index in [1.807, 2.05) is 6.92 Å². The molecule has 1 N–H and O–H groups in total. The van der Waals surface area contributed by atoms with Gasteiger partial charge in [0.25, 0.3) is 0 Å². The molecular formula is C10H13Br2NO2S. The van der Waals surface area contributed by atoms with E-state index in [4.69, 9.17) is 0 Å². The van der Waals surface area contributed by atoms with Crippen LogP contribution in [-0.2, 0) is 10.0 Å². The number of halogens is 2. The van der Waals surface area contributed by atoms with Crippen molar-refractivity contribution in [3.05, 3.63) is 26.6 Å². The summed E-state index contributed by atoms with van der Waals surface area (Å²) >= 11 is 6.61. The fourth-order valence-electron chi connectivity index (χ4n) is 1.21. The molecule has 6 heteroatoms. The van der Waals surface area contributed by atoms with Crippen molar-refractivity contribution in [2.24, 2.45) is 0 Å². The van der Waals surface area contributed by atoms with Crippen LogP contribution in [0.5, 0.6) is 0 Å². The van der Waals surface area contributed by atoms with Gasteiger partial charge in [-0.3, -0.25) is 0 Å². The van der Waals surface area contributed by atoms with Crippen molar-refractivity contribution in [3.8, 4) is 0 Å². The fourth-order valence-corrected chi connectivity index (χ4v) is 4.24. The average molecular weight is 371 g/mol. The molecule has 3 nitrogen and oxygen atoms in total. The third-order valence-electron chi connectivity index (χ3n) is 1.89. The Balaban J connectivity index is 3.29. The second-order valence-electron chi connectivity index (χ2n) is 3.81. The van der Waals surface area contributed by atoms with Gasteiger partial charge in [-0.05, 0) is 54.4 Å². The number of rotatable bonds is 3. The fraction of sp³-hybridized carbons (Fsp3) is 0.400. The Morgan fingerprint density at radius 2 is 1.75 bits per heavy atom. The number of benzene rings is 1. The maximum Gasteiger partial charge on any atom is 0.241 e. The van der Waals surface area contributed by atoms with Gasteiger partial charge in [-0.2, -0.15) is 0 Å². The predicted octanol–water partition coefficient (Wildman–Crippen LogP) is 3.21. The van der Waals surface area contributed by atoms with Crippen LogP contribution < -0.4 is 4.72 Å². The van der Waals surface area contributed by atoms with Crippen molar-refractivity contribution in [2.75, 3.05) is 0 Å². The Morgan fingerprint density at radius 1 is 1.19 bits per heavy atom. The van der Waals surface area contributed by atoms with Gasteiger partial charge in [0.2, 0.25) is 10.0 Å². The Labute approximate surface area is 113 Å². The molecule has 0 bridgehead atoms. The molecule has 0 atom stereocenters. The smallest absolute Gasteiger partial charge is 0.209 e. The lowest BCUT2D eigenvalue weighted by Crippen LogP contribution is -2.30. The molecule has 0 aromatic heterocycles. The summed E-state index contributed by atoms with van der Waals surface area (Å²) in [6, 6.07) is 3.25. The Bertz CT molecular complexity index is 498. The molecule has 0 saturated heterocycles. The summed E-state index contributed by atoms with van der Waals surface area (Å²) in [6.45, 7) is 5.43. The van der Waals surface area contributed by atoms with Crippen LogP contribution in [0.4, 0.5) is 0 Å². The van der Waals surface area contributed by atoms with E-state index in [1.54, 1.807) is 26.0 Å². The van der Waals surface area contributed by atoms with Gasteiger partial charge in [0.1, 0.15) is 0 Å². The molecule has 0 radical (unpaired) electrons. The first-order valence-electron chi connectivity index (χ1n) is 4.72. The highest BCUT2D eigenvalue weighted by molar-refractivity contribution is 9.11. The van der Waals surface area contributed by atoms with Gasteiger partial charge in [0, 0.05) is 15.0 Å². The lowest BCUT2D eigenvalue weighted by atomic mass is 10.2. The number of nitrogens with one attached hydrogen (secondary N) is 1. The first kappa shape index (κ1) is 14.2. The Hall–Kier alpha value is 0.0900. The summed E-state index contributed by atoms with van der Waals surface area (Å²) < 4.78 is 27.9. The van der Waals surface area contributed by atoms with Crippen molar-refractivity contribution < 1.29 is 8.42 Å². The first-order chi connectivity index (χ1) is 7.24. The highest BCUT2D eigenvalue weighted by Crippen LogP contribution is 2.28. The van der Waals surface area contributed by atoms with Gasteiger partial charge < -0.3 is 0 Å². The van der Waals surface area contributed by atoms with Gasteiger partial charge in [0.15, 0.2) is 0 Å². The second kappa shape index (κ2) is 5.16. The van der Waals surface area contributed by atoms with Gasteiger partial charge in [-0.15, -0.1) is 0 Å². The summed E-state index contributed by atoms with van der Waals surface area (Å²) in [6.07, 6.45) is 0. The summed E-state index contributed by atoms with van der Waals surface area (Å²) in [7, 11) is -3.45. The standard InChI is InChI=1S/C10H13Br2NO2S/c1-6(2)13-16(14,15)10-4-7(3)8(11)5-9(10)12/h4-6,13H,1-3H3. The maximum atomic E-state index is 12.0. The van der Waals surface area contributed by atoms with Crippen LogP contribution in [0.1, 0.15) is 19.4 Å². The molecule has 0 fully saturated rings. The number of hydrogen-bond acceptors (Lipinski definition) is 2. The predicted molar refractivity (Wildman–Crippen MR) is 72.0 cm³/mol. The highest BCUT2D eigenvalue weighted by atomic mass is 79.9.